The molecule has 2 N–H and O–H groups in total. The Bertz CT molecular complexity index is 823. The third-order valence-corrected chi connectivity index (χ3v) is 4.00. The van der Waals surface area contributed by atoms with Crippen LogP contribution in [0.5, 0.6) is 5.75 Å². The second-order valence-corrected chi connectivity index (χ2v) is 5.57. The fraction of sp³-hybridized carbons (Fsp3) is 0.200. The van der Waals surface area contributed by atoms with Gasteiger partial charge in [-0.2, -0.15) is 0 Å². The van der Waals surface area contributed by atoms with E-state index >= 15 is 0 Å². The summed E-state index contributed by atoms with van der Waals surface area (Å²) < 4.78 is 6.29. The molecule has 0 aliphatic rings. The molecule has 108 valence electrons. The minimum Gasteiger partial charge on any atom is -0.485 e. The maximum absolute atomic E-state index is 11.9. The van der Waals surface area contributed by atoms with Crippen molar-refractivity contribution in [2.24, 2.45) is 0 Å². The number of aromatic amines is 1. The lowest BCUT2D eigenvalue weighted by Crippen LogP contribution is -2.12. The maximum Gasteiger partial charge on any atom is 0.268 e. The Morgan fingerprint density at radius 2 is 2.19 bits per heavy atom. The van der Waals surface area contributed by atoms with E-state index < -0.39 is 6.10 Å². The molecule has 0 unspecified atom stereocenters. The molecule has 3 rings (SSSR count). The first-order valence-electron chi connectivity index (χ1n) is 6.51. The molecule has 0 amide bonds. The van der Waals surface area contributed by atoms with Gasteiger partial charge in [-0.25, -0.2) is 4.98 Å². The zero-order valence-corrected chi connectivity index (χ0v) is 12.2. The first-order valence-corrected chi connectivity index (χ1v) is 7.39. The van der Waals surface area contributed by atoms with Gasteiger partial charge in [-0.15, -0.1) is 11.3 Å². The lowest BCUT2D eigenvalue weighted by Gasteiger charge is -2.12. The van der Waals surface area contributed by atoms with Crippen LogP contribution in [0.25, 0.3) is 10.2 Å². The molecule has 0 saturated heterocycles. The van der Waals surface area contributed by atoms with E-state index in [1.165, 1.54) is 11.3 Å². The zero-order chi connectivity index (χ0) is 14.8. The normalized spacial score (nSPS) is 12.5. The summed E-state index contributed by atoms with van der Waals surface area (Å²) in [5, 5.41) is 11.5. The van der Waals surface area contributed by atoms with Gasteiger partial charge in [0.2, 0.25) is 0 Å². The molecule has 2 heterocycles. The van der Waals surface area contributed by atoms with Crippen LogP contribution >= 0.6 is 11.3 Å². The SMILES string of the molecule is C[C@H](O)c1ccccc1OCc1nc2ccsc2c(=O)[nH]1. The second-order valence-electron chi connectivity index (χ2n) is 4.65. The molecule has 0 aliphatic heterocycles. The van der Waals surface area contributed by atoms with E-state index in [1.807, 2.05) is 23.6 Å². The molecular weight excluding hydrogens is 288 g/mol. The molecule has 2 aromatic heterocycles. The first-order chi connectivity index (χ1) is 10.1. The predicted octanol–water partition coefficient (Wildman–Crippen LogP) is 2.62. The predicted molar refractivity (Wildman–Crippen MR) is 81.6 cm³/mol. The van der Waals surface area contributed by atoms with Crippen molar-refractivity contribution in [3.63, 3.8) is 0 Å². The average molecular weight is 302 g/mol. The number of nitrogens with one attached hydrogen (secondary N) is 1. The van der Waals surface area contributed by atoms with Crippen molar-refractivity contribution >= 4 is 21.6 Å². The number of thiophene rings is 1. The van der Waals surface area contributed by atoms with Gasteiger partial charge in [0, 0.05) is 5.56 Å². The summed E-state index contributed by atoms with van der Waals surface area (Å²) in [6.07, 6.45) is -0.618. The number of aliphatic hydroxyl groups is 1. The van der Waals surface area contributed by atoms with Crippen LogP contribution in [0.1, 0.15) is 24.4 Å². The summed E-state index contributed by atoms with van der Waals surface area (Å²) in [7, 11) is 0. The minimum absolute atomic E-state index is 0.144. The number of aromatic nitrogens is 2. The highest BCUT2D eigenvalue weighted by Gasteiger charge is 2.10. The maximum atomic E-state index is 11.9. The Balaban J connectivity index is 1.85. The highest BCUT2D eigenvalue weighted by Crippen LogP contribution is 2.25. The molecular formula is C15H14N2O3S. The van der Waals surface area contributed by atoms with Gasteiger partial charge >= 0.3 is 0 Å². The summed E-state index contributed by atoms with van der Waals surface area (Å²) in [5.74, 6) is 1.05. The van der Waals surface area contributed by atoms with Gasteiger partial charge in [0.05, 0.1) is 11.6 Å². The van der Waals surface area contributed by atoms with Crippen molar-refractivity contribution in [1.82, 2.24) is 9.97 Å². The number of H-pyrrole nitrogens is 1. The van der Waals surface area contributed by atoms with Crippen molar-refractivity contribution < 1.29 is 9.84 Å². The lowest BCUT2D eigenvalue weighted by atomic mass is 10.1. The van der Waals surface area contributed by atoms with E-state index in [2.05, 4.69) is 9.97 Å². The van der Waals surface area contributed by atoms with Gasteiger partial charge in [0.1, 0.15) is 22.9 Å². The summed E-state index contributed by atoms with van der Waals surface area (Å²) in [4.78, 5) is 18.9. The van der Waals surface area contributed by atoms with Gasteiger partial charge in [0.25, 0.3) is 5.56 Å². The third-order valence-electron chi connectivity index (χ3n) is 3.10. The Morgan fingerprint density at radius 1 is 1.38 bits per heavy atom. The number of nitrogens with zero attached hydrogens (tertiary/aromatic N) is 1. The molecule has 5 nitrogen and oxygen atoms in total. The van der Waals surface area contributed by atoms with Gasteiger partial charge < -0.3 is 14.8 Å². The van der Waals surface area contributed by atoms with Gasteiger partial charge in [0.15, 0.2) is 0 Å². The van der Waals surface area contributed by atoms with E-state index in [-0.39, 0.29) is 12.2 Å². The summed E-state index contributed by atoms with van der Waals surface area (Å²) in [6.45, 7) is 1.82. The number of benzene rings is 1. The summed E-state index contributed by atoms with van der Waals surface area (Å²) in [6, 6.07) is 9.07. The number of ether oxygens (including phenoxy) is 1. The Kier molecular flexibility index (Phi) is 3.72. The standard InChI is InChI=1S/C15H14N2O3S/c1-9(18)10-4-2-3-5-12(10)20-8-13-16-11-6-7-21-14(11)15(19)17-13/h2-7,9,18H,8H2,1H3,(H,16,17,19)/t9-/m0/s1. The van der Waals surface area contributed by atoms with E-state index in [1.54, 1.807) is 19.1 Å². The summed E-state index contributed by atoms with van der Waals surface area (Å²) in [5.41, 5.74) is 1.22. The molecule has 0 radical (unpaired) electrons. The first kappa shape index (κ1) is 13.8. The molecule has 6 heteroatoms. The second kappa shape index (κ2) is 5.67. The largest absolute Gasteiger partial charge is 0.485 e. The highest BCUT2D eigenvalue weighted by atomic mass is 32.1. The number of hydrogen-bond donors (Lipinski definition) is 2. The number of aliphatic hydroxyl groups excluding tert-OH is 1. The van der Waals surface area contributed by atoms with Crippen LogP contribution in [0.15, 0.2) is 40.5 Å². The molecule has 0 fully saturated rings. The van der Waals surface area contributed by atoms with Crippen LogP contribution in [-0.2, 0) is 6.61 Å². The molecule has 0 bridgehead atoms. The van der Waals surface area contributed by atoms with Gasteiger partial charge in [-0.05, 0) is 24.4 Å². The molecule has 21 heavy (non-hydrogen) atoms. The molecule has 0 spiro atoms. The van der Waals surface area contributed by atoms with Crippen LogP contribution in [0, 0.1) is 0 Å². The van der Waals surface area contributed by atoms with E-state index in [4.69, 9.17) is 4.74 Å². The molecule has 1 aromatic carbocycles. The monoisotopic (exact) mass is 302 g/mol. The van der Waals surface area contributed by atoms with Crippen molar-refractivity contribution in [2.75, 3.05) is 0 Å². The quantitative estimate of drug-likeness (QED) is 0.777. The van der Waals surface area contributed by atoms with Crippen LogP contribution < -0.4 is 10.3 Å². The number of fused-ring (bicyclic) bond motifs is 1. The van der Waals surface area contributed by atoms with Gasteiger partial charge in [-0.3, -0.25) is 4.79 Å². The molecule has 1 atom stereocenters. The molecule has 0 saturated carbocycles. The van der Waals surface area contributed by atoms with Crippen molar-refractivity contribution in [3.05, 3.63) is 57.5 Å². The van der Waals surface area contributed by atoms with Gasteiger partial charge in [-0.1, -0.05) is 18.2 Å². The van der Waals surface area contributed by atoms with Crippen LogP contribution in [0.2, 0.25) is 0 Å². The average Bonchev–Trinajstić information content (AvgIpc) is 2.94. The Labute approximate surface area is 124 Å². The van der Waals surface area contributed by atoms with Crippen LogP contribution in [0.3, 0.4) is 0 Å². The number of para-hydroxylation sites is 1. The zero-order valence-electron chi connectivity index (χ0n) is 11.4. The van der Waals surface area contributed by atoms with Crippen LogP contribution in [0.4, 0.5) is 0 Å². The number of hydrogen-bond acceptors (Lipinski definition) is 5. The highest BCUT2D eigenvalue weighted by molar-refractivity contribution is 7.17. The fourth-order valence-corrected chi connectivity index (χ4v) is 2.82. The van der Waals surface area contributed by atoms with E-state index in [9.17, 15) is 9.90 Å². The Hall–Kier alpha value is -2.18. The van der Waals surface area contributed by atoms with E-state index in [0.29, 0.717) is 27.4 Å². The van der Waals surface area contributed by atoms with Crippen molar-refractivity contribution in [2.45, 2.75) is 19.6 Å². The van der Waals surface area contributed by atoms with E-state index in [0.717, 1.165) is 0 Å². The third kappa shape index (κ3) is 2.81. The number of rotatable bonds is 4. The van der Waals surface area contributed by atoms with Crippen LogP contribution in [-0.4, -0.2) is 15.1 Å². The Morgan fingerprint density at radius 3 is 3.00 bits per heavy atom. The topological polar surface area (TPSA) is 75.2 Å². The lowest BCUT2D eigenvalue weighted by molar-refractivity contribution is 0.189. The smallest absolute Gasteiger partial charge is 0.268 e. The molecule has 3 aromatic rings. The minimum atomic E-state index is -0.618. The van der Waals surface area contributed by atoms with Crippen molar-refractivity contribution in [1.29, 1.82) is 0 Å². The molecule has 0 aliphatic carbocycles. The fourth-order valence-electron chi connectivity index (χ4n) is 2.09. The summed E-state index contributed by atoms with van der Waals surface area (Å²) >= 11 is 1.36. The van der Waals surface area contributed by atoms with Crippen molar-refractivity contribution in [3.8, 4) is 5.75 Å².